The Balaban J connectivity index is 1.39. The van der Waals surface area contributed by atoms with E-state index >= 15 is 0 Å². The molecule has 0 aliphatic carbocycles. The second-order valence-corrected chi connectivity index (χ2v) is 13.1. The van der Waals surface area contributed by atoms with Gasteiger partial charge in [-0.1, -0.05) is 12.1 Å². The van der Waals surface area contributed by atoms with Crippen molar-refractivity contribution in [2.45, 2.75) is 57.2 Å². The fraction of sp³-hybridized carbons (Fsp3) is 0.433. The van der Waals surface area contributed by atoms with E-state index in [9.17, 15) is 40.0 Å². The number of piperidine rings is 1. The second kappa shape index (κ2) is 13.0. The van der Waals surface area contributed by atoms with Gasteiger partial charge in [0.2, 0.25) is 10.0 Å². The molecule has 4 rings (SSSR count). The topological polar surface area (TPSA) is 134 Å². The summed E-state index contributed by atoms with van der Waals surface area (Å²) in [6.45, 7) is 3.26. The lowest BCUT2D eigenvalue weighted by Gasteiger charge is -2.34. The van der Waals surface area contributed by atoms with Crippen molar-refractivity contribution in [1.29, 1.82) is 0 Å². The van der Waals surface area contributed by atoms with E-state index in [2.05, 4.69) is 10.3 Å². The SMILES string of the molecule is Cc1cc(N(C)C(N)=O)cc(C)c1/C=C/S(=O)(=O)N1CCC2(CC1)N=C(c1cccc(OCCCC(F)(F)C(F)(F)F)c1)NC2=O. The van der Waals surface area contributed by atoms with Crippen molar-refractivity contribution in [1.82, 2.24) is 9.62 Å². The molecule has 3 amide bonds. The molecule has 2 aromatic carbocycles. The highest BCUT2D eigenvalue weighted by molar-refractivity contribution is 7.92. The number of nitrogens with two attached hydrogens (primary N) is 1. The number of rotatable bonds is 10. The zero-order valence-electron chi connectivity index (χ0n) is 25.3. The quantitative estimate of drug-likeness (QED) is 0.274. The molecule has 1 spiro atoms. The summed E-state index contributed by atoms with van der Waals surface area (Å²) in [6.07, 6.45) is -5.85. The summed E-state index contributed by atoms with van der Waals surface area (Å²) >= 11 is 0. The number of benzene rings is 2. The predicted octanol–water partition coefficient (Wildman–Crippen LogP) is 4.89. The summed E-state index contributed by atoms with van der Waals surface area (Å²) < 4.78 is 96.3. The molecule has 0 atom stereocenters. The maximum atomic E-state index is 13.2. The van der Waals surface area contributed by atoms with Gasteiger partial charge in [0.05, 0.1) is 6.61 Å². The van der Waals surface area contributed by atoms with Crippen LogP contribution in [0.15, 0.2) is 46.8 Å². The Bertz CT molecular complexity index is 1650. The van der Waals surface area contributed by atoms with E-state index < -0.39 is 52.4 Å². The van der Waals surface area contributed by atoms with E-state index in [1.165, 1.54) is 34.5 Å². The molecule has 2 aromatic rings. The standard InChI is InChI=1S/C30H34F5N5O5S/c1-19-16-22(39(3)27(36)42)17-20(2)24(19)8-15-46(43,44)40-12-10-28(11-13-40)26(41)37-25(38-28)21-6-4-7-23(18-21)45-14-5-9-29(31,32)30(33,34)35/h4,6-8,15-18H,5,9-14H2,1-3H3,(H2,36,42)(H,37,38,41)/b15-8+. The normalized spacial score (nSPS) is 17.3. The zero-order valence-corrected chi connectivity index (χ0v) is 26.1. The molecule has 10 nitrogen and oxygen atoms in total. The van der Waals surface area contributed by atoms with Gasteiger partial charge in [0.25, 0.3) is 5.91 Å². The third-order valence-corrected chi connectivity index (χ3v) is 9.58. The summed E-state index contributed by atoms with van der Waals surface area (Å²) in [5, 5.41) is 3.82. The van der Waals surface area contributed by atoms with Gasteiger partial charge in [0.1, 0.15) is 17.1 Å². The molecule has 250 valence electrons. The molecule has 0 radical (unpaired) electrons. The van der Waals surface area contributed by atoms with Crippen LogP contribution in [-0.4, -0.2) is 74.9 Å². The lowest BCUT2D eigenvalue weighted by Crippen LogP contribution is -2.50. The number of urea groups is 1. The van der Waals surface area contributed by atoms with Crippen LogP contribution in [0.25, 0.3) is 6.08 Å². The average Bonchev–Trinajstić information content (AvgIpc) is 3.29. The summed E-state index contributed by atoms with van der Waals surface area (Å²) in [6, 6.07) is 8.98. The number of nitrogens with one attached hydrogen (secondary N) is 1. The smallest absolute Gasteiger partial charge is 0.453 e. The van der Waals surface area contributed by atoms with Crippen molar-refractivity contribution in [2.24, 2.45) is 10.7 Å². The third-order valence-electron chi connectivity index (χ3n) is 8.02. The molecule has 2 aliphatic heterocycles. The van der Waals surface area contributed by atoms with E-state index in [1.54, 1.807) is 38.1 Å². The van der Waals surface area contributed by atoms with Crippen molar-refractivity contribution >= 4 is 39.6 Å². The van der Waals surface area contributed by atoms with E-state index in [-0.39, 0.29) is 44.1 Å². The Morgan fingerprint density at radius 1 is 1.13 bits per heavy atom. The van der Waals surface area contributed by atoms with Crippen molar-refractivity contribution in [3.63, 3.8) is 0 Å². The van der Waals surface area contributed by atoms with Crippen LogP contribution in [0.2, 0.25) is 0 Å². The fourth-order valence-electron chi connectivity index (χ4n) is 5.24. The van der Waals surface area contributed by atoms with E-state index in [0.29, 0.717) is 16.8 Å². The van der Waals surface area contributed by atoms with E-state index in [0.717, 1.165) is 16.5 Å². The number of hydrogen-bond donors (Lipinski definition) is 2. The summed E-state index contributed by atoms with van der Waals surface area (Å²) in [5.74, 6) is -4.80. The lowest BCUT2D eigenvalue weighted by atomic mass is 9.89. The van der Waals surface area contributed by atoms with Gasteiger partial charge in [0.15, 0.2) is 0 Å². The summed E-state index contributed by atoms with van der Waals surface area (Å²) in [7, 11) is -2.32. The van der Waals surface area contributed by atoms with Crippen LogP contribution < -0.4 is 20.7 Å². The number of nitrogens with zero attached hydrogens (tertiary/aromatic N) is 3. The number of halogens is 5. The lowest BCUT2D eigenvalue weighted by molar-refractivity contribution is -0.284. The molecular weight excluding hydrogens is 637 g/mol. The Morgan fingerprint density at radius 3 is 2.35 bits per heavy atom. The summed E-state index contributed by atoms with van der Waals surface area (Å²) in [5.41, 5.74) is 7.32. The van der Waals surface area contributed by atoms with Crippen LogP contribution in [0, 0.1) is 13.8 Å². The van der Waals surface area contributed by atoms with Gasteiger partial charge < -0.3 is 15.8 Å². The number of carbonyl (C=O) groups is 2. The largest absolute Gasteiger partial charge is 0.494 e. The van der Waals surface area contributed by atoms with Gasteiger partial charge in [0, 0.05) is 43.2 Å². The first kappa shape index (κ1) is 34.8. The number of carbonyl (C=O) groups excluding carboxylic acids is 2. The molecule has 16 heteroatoms. The highest BCUT2D eigenvalue weighted by Crippen LogP contribution is 2.39. The molecule has 0 bridgehead atoms. The highest BCUT2D eigenvalue weighted by atomic mass is 32.2. The first-order valence-electron chi connectivity index (χ1n) is 14.3. The number of primary amides is 1. The van der Waals surface area contributed by atoms with E-state index in [1.807, 2.05) is 0 Å². The van der Waals surface area contributed by atoms with Gasteiger partial charge in [-0.05, 0) is 80.1 Å². The molecule has 0 aromatic heterocycles. The monoisotopic (exact) mass is 671 g/mol. The van der Waals surface area contributed by atoms with Crippen molar-refractivity contribution < 1.29 is 44.7 Å². The van der Waals surface area contributed by atoms with Crippen LogP contribution in [0.3, 0.4) is 0 Å². The average molecular weight is 672 g/mol. The van der Waals surface area contributed by atoms with Gasteiger partial charge >= 0.3 is 18.1 Å². The van der Waals surface area contributed by atoms with Gasteiger partial charge in [-0.2, -0.15) is 26.3 Å². The molecule has 0 unspecified atom stereocenters. The molecule has 2 aliphatic rings. The molecule has 2 heterocycles. The van der Waals surface area contributed by atoms with Crippen LogP contribution in [-0.2, 0) is 14.8 Å². The molecule has 1 saturated heterocycles. The zero-order chi connectivity index (χ0) is 34.1. The van der Waals surface area contributed by atoms with Crippen LogP contribution in [0.5, 0.6) is 5.75 Å². The van der Waals surface area contributed by atoms with Gasteiger partial charge in [-0.3, -0.25) is 14.7 Å². The van der Waals surface area contributed by atoms with Gasteiger partial charge in [-0.15, -0.1) is 0 Å². The Kier molecular flexibility index (Phi) is 9.83. The molecule has 1 fully saturated rings. The van der Waals surface area contributed by atoms with Crippen molar-refractivity contribution in [3.8, 4) is 5.75 Å². The Hall–Kier alpha value is -4.05. The minimum Gasteiger partial charge on any atom is -0.494 e. The van der Waals surface area contributed by atoms with Crippen LogP contribution in [0.1, 0.15) is 47.9 Å². The number of aryl methyl sites for hydroxylation is 2. The minimum atomic E-state index is -5.63. The Morgan fingerprint density at radius 2 is 1.76 bits per heavy atom. The minimum absolute atomic E-state index is 0.0306. The number of sulfonamides is 1. The van der Waals surface area contributed by atoms with Crippen molar-refractivity contribution in [2.75, 3.05) is 31.6 Å². The third kappa shape index (κ3) is 7.49. The number of amidine groups is 1. The van der Waals surface area contributed by atoms with Crippen LogP contribution in [0.4, 0.5) is 32.4 Å². The fourth-order valence-corrected chi connectivity index (χ4v) is 6.41. The number of aliphatic imine (C=N–C) groups is 1. The number of hydrogen-bond acceptors (Lipinski definition) is 6. The van der Waals surface area contributed by atoms with Crippen molar-refractivity contribution in [3.05, 3.63) is 64.1 Å². The predicted molar refractivity (Wildman–Crippen MR) is 162 cm³/mol. The maximum Gasteiger partial charge on any atom is 0.453 e. The van der Waals surface area contributed by atoms with Gasteiger partial charge in [-0.25, -0.2) is 13.2 Å². The van der Waals surface area contributed by atoms with Crippen LogP contribution >= 0.6 is 0 Å². The Labute approximate surface area is 263 Å². The number of amides is 3. The maximum absolute atomic E-state index is 13.2. The molecule has 3 N–H and O–H groups in total. The first-order valence-corrected chi connectivity index (χ1v) is 15.8. The number of alkyl halides is 5. The number of anilines is 1. The summed E-state index contributed by atoms with van der Waals surface area (Å²) in [4.78, 5) is 30.4. The molecule has 0 saturated carbocycles. The highest BCUT2D eigenvalue weighted by Gasteiger charge is 2.56. The number of ether oxygens (including phenoxy) is 1. The molecule has 46 heavy (non-hydrogen) atoms. The second-order valence-electron chi connectivity index (χ2n) is 11.3. The molecular formula is C30H34F5N5O5S. The van der Waals surface area contributed by atoms with E-state index in [4.69, 9.17) is 10.5 Å². The first-order chi connectivity index (χ1) is 21.3.